The van der Waals surface area contributed by atoms with Crippen molar-refractivity contribution >= 4 is 23.2 Å². The summed E-state index contributed by atoms with van der Waals surface area (Å²) in [7, 11) is 0. The zero-order chi connectivity index (χ0) is 10.0. The van der Waals surface area contributed by atoms with E-state index in [4.69, 9.17) is 28.9 Å². The molecule has 0 aliphatic heterocycles. The molecular formula is C7H6Cl2F2N2. The fourth-order valence-electron chi connectivity index (χ4n) is 0.815. The highest BCUT2D eigenvalue weighted by molar-refractivity contribution is 6.42. The van der Waals surface area contributed by atoms with Crippen LogP contribution in [0.2, 0.25) is 10.0 Å². The molecule has 1 aromatic heterocycles. The van der Waals surface area contributed by atoms with Gasteiger partial charge in [-0.1, -0.05) is 23.2 Å². The van der Waals surface area contributed by atoms with Crippen LogP contribution in [0.1, 0.15) is 17.8 Å². The van der Waals surface area contributed by atoms with Crippen molar-refractivity contribution in [1.82, 2.24) is 4.98 Å². The van der Waals surface area contributed by atoms with E-state index in [2.05, 4.69) is 4.98 Å². The van der Waals surface area contributed by atoms with Gasteiger partial charge in [0, 0.05) is 6.54 Å². The number of halogens is 4. The van der Waals surface area contributed by atoms with Gasteiger partial charge in [-0.15, -0.1) is 0 Å². The van der Waals surface area contributed by atoms with Crippen LogP contribution in [0.4, 0.5) is 8.78 Å². The molecular weight excluding hydrogens is 221 g/mol. The topological polar surface area (TPSA) is 38.9 Å². The SMILES string of the molecule is NCc1nc(C(F)F)cc(Cl)c1Cl. The number of alkyl halides is 2. The Morgan fingerprint density at radius 1 is 1.46 bits per heavy atom. The summed E-state index contributed by atoms with van der Waals surface area (Å²) in [4.78, 5) is 3.56. The number of rotatable bonds is 2. The molecule has 0 spiro atoms. The minimum Gasteiger partial charge on any atom is -0.325 e. The Morgan fingerprint density at radius 3 is 2.54 bits per heavy atom. The summed E-state index contributed by atoms with van der Waals surface area (Å²) in [6.07, 6.45) is -2.67. The zero-order valence-electron chi connectivity index (χ0n) is 6.40. The predicted octanol–water partition coefficient (Wildman–Crippen LogP) is 2.78. The van der Waals surface area contributed by atoms with Crippen LogP contribution in [-0.2, 0) is 6.54 Å². The first-order chi connectivity index (χ1) is 6.06. The number of nitrogens with zero attached hydrogens (tertiary/aromatic N) is 1. The highest BCUT2D eigenvalue weighted by Gasteiger charge is 2.14. The van der Waals surface area contributed by atoms with Gasteiger partial charge in [0.1, 0.15) is 5.69 Å². The third-order valence-corrected chi connectivity index (χ3v) is 2.24. The molecule has 0 bridgehead atoms. The quantitative estimate of drug-likeness (QED) is 0.843. The van der Waals surface area contributed by atoms with Gasteiger partial charge in [0.25, 0.3) is 6.43 Å². The molecule has 13 heavy (non-hydrogen) atoms. The van der Waals surface area contributed by atoms with Crippen molar-refractivity contribution in [2.75, 3.05) is 0 Å². The molecule has 0 aliphatic carbocycles. The van der Waals surface area contributed by atoms with Crippen molar-refractivity contribution in [3.63, 3.8) is 0 Å². The molecule has 1 rings (SSSR count). The first-order valence-corrected chi connectivity index (χ1v) is 4.15. The van der Waals surface area contributed by atoms with Crippen LogP contribution in [0.3, 0.4) is 0 Å². The van der Waals surface area contributed by atoms with Gasteiger partial charge in [0.2, 0.25) is 0 Å². The molecule has 0 aliphatic rings. The predicted molar refractivity (Wildman–Crippen MR) is 47.1 cm³/mol. The van der Waals surface area contributed by atoms with Crippen molar-refractivity contribution < 1.29 is 8.78 Å². The van der Waals surface area contributed by atoms with Crippen molar-refractivity contribution in [2.45, 2.75) is 13.0 Å². The Labute approximate surface area is 83.7 Å². The first kappa shape index (κ1) is 10.6. The summed E-state index contributed by atoms with van der Waals surface area (Å²) in [5.74, 6) is 0. The highest BCUT2D eigenvalue weighted by Crippen LogP contribution is 2.28. The Balaban J connectivity index is 3.22. The van der Waals surface area contributed by atoms with E-state index in [-0.39, 0.29) is 22.3 Å². The van der Waals surface area contributed by atoms with E-state index in [0.717, 1.165) is 6.07 Å². The molecule has 2 N–H and O–H groups in total. The van der Waals surface area contributed by atoms with Gasteiger partial charge in [-0.05, 0) is 6.07 Å². The van der Waals surface area contributed by atoms with Gasteiger partial charge >= 0.3 is 0 Å². The van der Waals surface area contributed by atoms with Crippen molar-refractivity contribution in [1.29, 1.82) is 0 Å². The molecule has 1 aromatic rings. The molecule has 0 saturated carbocycles. The lowest BCUT2D eigenvalue weighted by Crippen LogP contribution is -2.03. The highest BCUT2D eigenvalue weighted by atomic mass is 35.5. The summed E-state index contributed by atoms with van der Waals surface area (Å²) >= 11 is 11.2. The zero-order valence-corrected chi connectivity index (χ0v) is 7.91. The number of pyridine rings is 1. The molecule has 0 atom stereocenters. The van der Waals surface area contributed by atoms with E-state index >= 15 is 0 Å². The molecule has 0 fully saturated rings. The third-order valence-electron chi connectivity index (χ3n) is 1.42. The summed E-state index contributed by atoms with van der Waals surface area (Å²) in [6.45, 7) is -0.0148. The molecule has 0 aromatic carbocycles. The second-order valence-corrected chi connectivity index (χ2v) is 3.08. The van der Waals surface area contributed by atoms with E-state index in [0.29, 0.717) is 0 Å². The van der Waals surface area contributed by atoms with Gasteiger partial charge in [-0.3, -0.25) is 0 Å². The number of nitrogens with two attached hydrogens (primary N) is 1. The van der Waals surface area contributed by atoms with E-state index in [1.165, 1.54) is 0 Å². The Bertz CT molecular complexity index is 318. The lowest BCUT2D eigenvalue weighted by molar-refractivity contribution is 0.146. The standard InChI is InChI=1S/C7H6Cl2F2N2/c8-3-1-4(7(10)11)13-5(2-12)6(3)9/h1,7H,2,12H2. The van der Waals surface area contributed by atoms with Crippen molar-refractivity contribution in [3.05, 3.63) is 27.5 Å². The average Bonchev–Trinajstić information content (AvgIpc) is 2.09. The van der Waals surface area contributed by atoms with Crippen LogP contribution in [0.25, 0.3) is 0 Å². The molecule has 0 radical (unpaired) electrons. The first-order valence-electron chi connectivity index (χ1n) is 3.39. The minimum absolute atomic E-state index is 0.0148. The van der Waals surface area contributed by atoms with E-state index in [9.17, 15) is 8.78 Å². The van der Waals surface area contributed by atoms with Crippen LogP contribution in [-0.4, -0.2) is 4.98 Å². The Morgan fingerprint density at radius 2 is 2.08 bits per heavy atom. The molecule has 0 unspecified atom stereocenters. The largest absolute Gasteiger partial charge is 0.325 e. The van der Waals surface area contributed by atoms with Gasteiger partial charge in [-0.2, -0.15) is 0 Å². The summed E-state index contributed by atoms with van der Waals surface area (Å²) < 4.78 is 24.4. The summed E-state index contributed by atoms with van der Waals surface area (Å²) in [5, 5.41) is 0.181. The van der Waals surface area contributed by atoms with Crippen LogP contribution in [0.15, 0.2) is 6.07 Å². The molecule has 0 amide bonds. The van der Waals surface area contributed by atoms with E-state index in [1.54, 1.807) is 0 Å². The fourth-order valence-corrected chi connectivity index (χ4v) is 1.21. The van der Waals surface area contributed by atoms with Gasteiger partial charge in [0.15, 0.2) is 0 Å². The smallest absolute Gasteiger partial charge is 0.280 e. The van der Waals surface area contributed by atoms with Gasteiger partial charge in [-0.25, -0.2) is 13.8 Å². The van der Waals surface area contributed by atoms with Crippen LogP contribution in [0, 0.1) is 0 Å². The lowest BCUT2D eigenvalue weighted by Gasteiger charge is -2.05. The third kappa shape index (κ3) is 2.27. The van der Waals surface area contributed by atoms with Gasteiger partial charge in [0.05, 0.1) is 15.7 Å². The Kier molecular flexibility index (Phi) is 3.41. The van der Waals surface area contributed by atoms with Crippen molar-refractivity contribution in [3.8, 4) is 0 Å². The maximum atomic E-state index is 12.2. The monoisotopic (exact) mass is 226 g/mol. The number of hydrogen-bond donors (Lipinski definition) is 1. The average molecular weight is 227 g/mol. The number of aromatic nitrogens is 1. The maximum Gasteiger partial charge on any atom is 0.280 e. The fraction of sp³-hybridized carbons (Fsp3) is 0.286. The molecule has 0 saturated heterocycles. The second-order valence-electron chi connectivity index (χ2n) is 2.29. The summed E-state index contributed by atoms with van der Waals surface area (Å²) in [6, 6.07) is 1.04. The minimum atomic E-state index is -2.67. The second kappa shape index (κ2) is 4.17. The normalized spacial score (nSPS) is 10.9. The van der Waals surface area contributed by atoms with Crippen LogP contribution in [0.5, 0.6) is 0 Å². The lowest BCUT2D eigenvalue weighted by atomic mass is 10.3. The van der Waals surface area contributed by atoms with Crippen LogP contribution >= 0.6 is 23.2 Å². The van der Waals surface area contributed by atoms with E-state index in [1.807, 2.05) is 0 Å². The maximum absolute atomic E-state index is 12.2. The summed E-state index contributed by atoms with van der Waals surface area (Å²) in [5.41, 5.74) is 5.02. The number of hydrogen-bond acceptors (Lipinski definition) is 2. The molecule has 1 heterocycles. The Hall–Kier alpha value is -0.450. The van der Waals surface area contributed by atoms with E-state index < -0.39 is 12.1 Å². The molecule has 72 valence electrons. The van der Waals surface area contributed by atoms with Crippen molar-refractivity contribution in [2.24, 2.45) is 5.73 Å². The van der Waals surface area contributed by atoms with Crippen LogP contribution < -0.4 is 5.73 Å². The van der Waals surface area contributed by atoms with Gasteiger partial charge < -0.3 is 5.73 Å². The molecule has 6 heteroatoms. The molecule has 2 nitrogen and oxygen atoms in total.